The monoisotopic (exact) mass is 397 g/mol. The van der Waals surface area contributed by atoms with E-state index in [0.717, 1.165) is 13.1 Å². The molecule has 6 heteroatoms. The Balaban J connectivity index is 1.63. The first kappa shape index (κ1) is 20.8. The first-order chi connectivity index (χ1) is 13.9. The lowest BCUT2D eigenvalue weighted by molar-refractivity contribution is -0.134. The van der Waals surface area contributed by atoms with E-state index in [0.29, 0.717) is 18.7 Å². The minimum atomic E-state index is -0.613. The maximum atomic E-state index is 13.1. The Hall–Kier alpha value is -2.89. The average molecular weight is 397 g/mol. The van der Waals surface area contributed by atoms with Crippen LogP contribution in [0, 0.1) is 18.7 Å². The van der Waals surface area contributed by atoms with Gasteiger partial charge < -0.3 is 15.1 Å². The van der Waals surface area contributed by atoms with E-state index >= 15 is 0 Å². The summed E-state index contributed by atoms with van der Waals surface area (Å²) >= 11 is 0. The van der Waals surface area contributed by atoms with E-state index in [-0.39, 0.29) is 17.7 Å². The Morgan fingerprint density at radius 3 is 2.17 bits per heavy atom. The van der Waals surface area contributed by atoms with Gasteiger partial charge in [-0.2, -0.15) is 0 Å². The molecule has 1 heterocycles. The summed E-state index contributed by atoms with van der Waals surface area (Å²) in [6.07, 6.45) is 0. The van der Waals surface area contributed by atoms with Gasteiger partial charge in [0.2, 0.25) is 5.91 Å². The number of anilines is 1. The molecule has 2 aromatic carbocycles. The van der Waals surface area contributed by atoms with Gasteiger partial charge in [0.25, 0.3) is 5.91 Å². The Morgan fingerprint density at radius 1 is 0.966 bits per heavy atom. The van der Waals surface area contributed by atoms with Crippen molar-refractivity contribution in [3.05, 3.63) is 65.5 Å². The number of nitrogens with one attached hydrogen (secondary N) is 1. The molecule has 3 rings (SSSR count). The lowest BCUT2D eigenvalue weighted by Crippen LogP contribution is -2.56. The topological polar surface area (TPSA) is 52.6 Å². The van der Waals surface area contributed by atoms with Crippen molar-refractivity contribution >= 4 is 17.5 Å². The molecule has 154 valence electrons. The van der Waals surface area contributed by atoms with Crippen LogP contribution in [-0.4, -0.2) is 48.9 Å². The Kier molecular flexibility index (Phi) is 6.52. The van der Waals surface area contributed by atoms with Crippen LogP contribution in [0.4, 0.5) is 10.1 Å². The normalized spacial score (nSPS) is 15.3. The second kappa shape index (κ2) is 9.07. The number of hydrogen-bond acceptors (Lipinski definition) is 3. The molecule has 29 heavy (non-hydrogen) atoms. The fraction of sp³-hybridized carbons (Fsp3) is 0.391. The molecule has 1 fully saturated rings. The number of hydrogen-bond donors (Lipinski definition) is 1. The molecule has 1 unspecified atom stereocenters. The Labute approximate surface area is 171 Å². The third kappa shape index (κ3) is 4.94. The average Bonchev–Trinajstić information content (AvgIpc) is 2.72. The van der Waals surface area contributed by atoms with E-state index in [1.165, 1.54) is 35.5 Å². The van der Waals surface area contributed by atoms with Gasteiger partial charge in [-0.15, -0.1) is 0 Å². The molecule has 0 aliphatic carbocycles. The Morgan fingerprint density at radius 2 is 1.59 bits per heavy atom. The van der Waals surface area contributed by atoms with Crippen molar-refractivity contribution in [2.24, 2.45) is 5.92 Å². The molecule has 0 bridgehead atoms. The zero-order valence-electron chi connectivity index (χ0n) is 17.2. The summed E-state index contributed by atoms with van der Waals surface area (Å²) in [6.45, 7) is 8.66. The fourth-order valence-electron chi connectivity index (χ4n) is 3.62. The lowest BCUT2D eigenvalue weighted by atomic mass is 10.0. The maximum absolute atomic E-state index is 13.1. The summed E-state index contributed by atoms with van der Waals surface area (Å²) in [6, 6.07) is 13.0. The summed E-state index contributed by atoms with van der Waals surface area (Å²) in [5, 5.41) is 2.84. The van der Waals surface area contributed by atoms with Crippen molar-refractivity contribution in [2.75, 3.05) is 31.1 Å². The zero-order valence-corrected chi connectivity index (χ0v) is 17.2. The number of carbonyl (C=O) groups is 2. The van der Waals surface area contributed by atoms with E-state index in [2.05, 4.69) is 29.3 Å². The number of aryl methyl sites for hydroxylation is 1. The quantitative estimate of drug-likeness (QED) is 0.843. The molecule has 1 saturated heterocycles. The standard InChI is InChI=1S/C23H28FN3O2/c1-16(2)21(25-22(28)18-8-10-19(24)11-9-18)23(29)27-14-12-26(13-15-27)20-7-5-4-6-17(20)3/h4-11,16,21H,12-15H2,1-3H3,(H,25,28). The molecular formula is C23H28FN3O2. The van der Waals surface area contributed by atoms with Crippen molar-refractivity contribution in [2.45, 2.75) is 26.8 Å². The number of carbonyl (C=O) groups excluding carboxylic acids is 2. The number of nitrogens with zero attached hydrogens (tertiary/aromatic N) is 2. The summed E-state index contributed by atoms with van der Waals surface area (Å²) in [7, 11) is 0. The maximum Gasteiger partial charge on any atom is 0.251 e. The van der Waals surface area contributed by atoms with Crippen molar-refractivity contribution < 1.29 is 14.0 Å². The second-order valence-corrected chi connectivity index (χ2v) is 7.80. The highest BCUT2D eigenvalue weighted by molar-refractivity contribution is 5.97. The minimum absolute atomic E-state index is 0.0544. The SMILES string of the molecule is Cc1ccccc1N1CCN(C(=O)C(NC(=O)c2ccc(F)cc2)C(C)C)CC1. The van der Waals surface area contributed by atoms with Crippen molar-refractivity contribution in [3.63, 3.8) is 0 Å². The summed E-state index contributed by atoms with van der Waals surface area (Å²) in [4.78, 5) is 29.7. The summed E-state index contributed by atoms with van der Waals surface area (Å²) in [5.41, 5.74) is 2.76. The second-order valence-electron chi connectivity index (χ2n) is 7.80. The molecule has 2 amide bonds. The molecule has 2 aromatic rings. The van der Waals surface area contributed by atoms with Gasteiger partial charge >= 0.3 is 0 Å². The lowest BCUT2D eigenvalue weighted by Gasteiger charge is -2.38. The van der Waals surface area contributed by atoms with E-state index < -0.39 is 11.9 Å². The van der Waals surface area contributed by atoms with Gasteiger partial charge in [-0.3, -0.25) is 9.59 Å². The zero-order chi connectivity index (χ0) is 21.0. The van der Waals surface area contributed by atoms with Crippen LogP contribution < -0.4 is 10.2 Å². The number of rotatable bonds is 5. The van der Waals surface area contributed by atoms with Crippen LogP contribution in [0.1, 0.15) is 29.8 Å². The number of halogens is 1. The number of para-hydroxylation sites is 1. The molecule has 0 saturated carbocycles. The van der Waals surface area contributed by atoms with E-state index in [1.807, 2.05) is 30.9 Å². The molecule has 0 aromatic heterocycles. The Bertz CT molecular complexity index is 859. The molecule has 1 atom stereocenters. The van der Waals surface area contributed by atoms with Crippen LogP contribution in [0.5, 0.6) is 0 Å². The fourth-order valence-corrected chi connectivity index (χ4v) is 3.62. The molecular weight excluding hydrogens is 369 g/mol. The largest absolute Gasteiger partial charge is 0.368 e. The summed E-state index contributed by atoms with van der Waals surface area (Å²) < 4.78 is 13.1. The van der Waals surface area contributed by atoms with Crippen LogP contribution in [0.25, 0.3) is 0 Å². The van der Waals surface area contributed by atoms with Gasteiger partial charge in [0.15, 0.2) is 0 Å². The van der Waals surface area contributed by atoms with Gasteiger partial charge in [0, 0.05) is 37.4 Å². The number of piperazine rings is 1. The molecule has 0 radical (unpaired) electrons. The molecule has 1 aliphatic heterocycles. The van der Waals surface area contributed by atoms with Crippen LogP contribution in [-0.2, 0) is 4.79 Å². The predicted molar refractivity (Wildman–Crippen MR) is 112 cm³/mol. The van der Waals surface area contributed by atoms with Crippen LogP contribution in [0.3, 0.4) is 0 Å². The molecule has 5 nitrogen and oxygen atoms in total. The van der Waals surface area contributed by atoms with E-state index in [1.54, 1.807) is 0 Å². The highest BCUT2D eigenvalue weighted by Crippen LogP contribution is 2.21. The van der Waals surface area contributed by atoms with Gasteiger partial charge in [0.05, 0.1) is 0 Å². The van der Waals surface area contributed by atoms with Crippen LogP contribution >= 0.6 is 0 Å². The van der Waals surface area contributed by atoms with Crippen LogP contribution in [0.15, 0.2) is 48.5 Å². The predicted octanol–water partition coefficient (Wildman–Crippen LogP) is 3.24. The van der Waals surface area contributed by atoms with Gasteiger partial charge in [-0.1, -0.05) is 32.0 Å². The molecule has 1 N–H and O–H groups in total. The minimum Gasteiger partial charge on any atom is -0.368 e. The van der Waals surface area contributed by atoms with E-state index in [4.69, 9.17) is 0 Å². The van der Waals surface area contributed by atoms with Crippen molar-refractivity contribution in [1.29, 1.82) is 0 Å². The highest BCUT2D eigenvalue weighted by Gasteiger charge is 2.31. The third-order valence-electron chi connectivity index (χ3n) is 5.37. The number of benzene rings is 2. The summed E-state index contributed by atoms with van der Waals surface area (Å²) in [5.74, 6) is -0.888. The smallest absolute Gasteiger partial charge is 0.251 e. The highest BCUT2D eigenvalue weighted by atomic mass is 19.1. The van der Waals surface area contributed by atoms with Crippen molar-refractivity contribution in [1.82, 2.24) is 10.2 Å². The van der Waals surface area contributed by atoms with Gasteiger partial charge in [-0.25, -0.2) is 4.39 Å². The van der Waals surface area contributed by atoms with Crippen LogP contribution in [0.2, 0.25) is 0 Å². The molecule has 0 spiro atoms. The molecule has 1 aliphatic rings. The van der Waals surface area contributed by atoms with Gasteiger partial charge in [0.1, 0.15) is 11.9 Å². The third-order valence-corrected chi connectivity index (χ3v) is 5.37. The van der Waals surface area contributed by atoms with Crippen molar-refractivity contribution in [3.8, 4) is 0 Å². The van der Waals surface area contributed by atoms with Gasteiger partial charge in [-0.05, 0) is 48.7 Å². The van der Waals surface area contributed by atoms with E-state index in [9.17, 15) is 14.0 Å². The first-order valence-electron chi connectivity index (χ1n) is 10.0. The first-order valence-corrected chi connectivity index (χ1v) is 10.0. The number of amides is 2.